The second kappa shape index (κ2) is 6.05. The smallest absolute Gasteiger partial charge is 0.0294 e. The van der Waals surface area contributed by atoms with Crippen molar-refractivity contribution in [2.75, 3.05) is 0 Å². The van der Waals surface area contributed by atoms with Gasteiger partial charge in [0.15, 0.2) is 0 Å². The van der Waals surface area contributed by atoms with Crippen LogP contribution >= 0.6 is 0 Å². The Balaban J connectivity index is 2.67. The fourth-order valence-electron chi connectivity index (χ4n) is 2.14. The zero-order valence-electron chi connectivity index (χ0n) is 11.2. The van der Waals surface area contributed by atoms with Crippen LogP contribution in [0.1, 0.15) is 51.3 Å². The molecule has 1 aromatic carbocycles. The lowest BCUT2D eigenvalue weighted by Crippen LogP contribution is -2.35. The molecule has 0 saturated heterocycles. The summed E-state index contributed by atoms with van der Waals surface area (Å²) in [5, 5.41) is 3.71. The van der Waals surface area contributed by atoms with Crippen molar-refractivity contribution in [3.05, 3.63) is 35.4 Å². The third kappa shape index (κ3) is 3.64. The Bertz CT molecular complexity index is 317. The first kappa shape index (κ1) is 13.2. The van der Waals surface area contributed by atoms with Crippen LogP contribution in [-0.4, -0.2) is 6.04 Å². The Morgan fingerprint density at radius 3 is 2.38 bits per heavy atom. The van der Waals surface area contributed by atoms with Gasteiger partial charge in [-0.25, -0.2) is 0 Å². The molecule has 0 bridgehead atoms. The average Bonchev–Trinajstić information content (AvgIpc) is 2.25. The summed E-state index contributed by atoms with van der Waals surface area (Å²) in [7, 11) is 0. The van der Waals surface area contributed by atoms with Crippen LogP contribution in [0.4, 0.5) is 0 Å². The molecule has 1 heteroatoms. The van der Waals surface area contributed by atoms with Gasteiger partial charge in [-0.2, -0.15) is 0 Å². The van der Waals surface area contributed by atoms with E-state index in [9.17, 15) is 0 Å². The molecule has 0 radical (unpaired) electrons. The summed E-state index contributed by atoms with van der Waals surface area (Å²) in [4.78, 5) is 0. The van der Waals surface area contributed by atoms with Gasteiger partial charge >= 0.3 is 0 Å². The highest BCUT2D eigenvalue weighted by Gasteiger charge is 2.14. The van der Waals surface area contributed by atoms with E-state index in [1.54, 1.807) is 0 Å². The van der Waals surface area contributed by atoms with Gasteiger partial charge in [0.2, 0.25) is 0 Å². The van der Waals surface area contributed by atoms with E-state index in [1.165, 1.54) is 17.5 Å². The molecule has 1 nitrogen and oxygen atoms in total. The topological polar surface area (TPSA) is 12.0 Å². The van der Waals surface area contributed by atoms with E-state index in [1.807, 2.05) is 0 Å². The molecule has 0 amide bonds. The Morgan fingerprint density at radius 2 is 1.88 bits per heavy atom. The summed E-state index contributed by atoms with van der Waals surface area (Å²) in [6, 6.07) is 9.81. The highest BCUT2D eigenvalue weighted by Crippen LogP contribution is 2.17. The molecule has 0 heterocycles. The molecule has 1 N–H and O–H groups in total. The van der Waals surface area contributed by atoms with E-state index in [0.29, 0.717) is 18.0 Å². The SMILES string of the molecule is CCC(N[C@@H](C)c1cccc(C)c1)C(C)C. The van der Waals surface area contributed by atoms with E-state index in [4.69, 9.17) is 0 Å². The summed E-state index contributed by atoms with van der Waals surface area (Å²) in [6.07, 6.45) is 1.19. The Morgan fingerprint density at radius 1 is 1.19 bits per heavy atom. The van der Waals surface area contributed by atoms with Crippen molar-refractivity contribution in [3.63, 3.8) is 0 Å². The van der Waals surface area contributed by atoms with Crippen molar-refractivity contribution < 1.29 is 0 Å². The van der Waals surface area contributed by atoms with E-state index in [0.717, 1.165) is 0 Å². The van der Waals surface area contributed by atoms with Crippen molar-refractivity contribution in [1.82, 2.24) is 5.32 Å². The van der Waals surface area contributed by atoms with Gasteiger partial charge in [0.1, 0.15) is 0 Å². The zero-order valence-corrected chi connectivity index (χ0v) is 11.2. The standard InChI is InChI=1S/C15H25N/c1-6-15(11(2)3)16-13(5)14-9-7-8-12(4)10-14/h7-11,13,15-16H,6H2,1-5H3/t13-,15?/m0/s1. The maximum Gasteiger partial charge on any atom is 0.0294 e. The number of hydrogen-bond acceptors (Lipinski definition) is 1. The van der Waals surface area contributed by atoms with Crippen LogP contribution in [0, 0.1) is 12.8 Å². The van der Waals surface area contributed by atoms with Crippen molar-refractivity contribution >= 4 is 0 Å². The molecule has 0 spiro atoms. The predicted octanol–water partition coefficient (Wildman–Crippen LogP) is 4.08. The first-order chi connectivity index (χ1) is 7.54. The molecule has 1 rings (SSSR count). The summed E-state index contributed by atoms with van der Waals surface area (Å²) < 4.78 is 0. The largest absolute Gasteiger partial charge is 0.307 e. The lowest BCUT2D eigenvalue weighted by Gasteiger charge is -2.25. The summed E-state index contributed by atoms with van der Waals surface area (Å²) >= 11 is 0. The van der Waals surface area contributed by atoms with Crippen LogP contribution in [0.15, 0.2) is 24.3 Å². The van der Waals surface area contributed by atoms with Gasteiger partial charge in [0, 0.05) is 12.1 Å². The minimum absolute atomic E-state index is 0.437. The molecular weight excluding hydrogens is 194 g/mol. The molecule has 16 heavy (non-hydrogen) atoms. The molecule has 0 aromatic heterocycles. The summed E-state index contributed by atoms with van der Waals surface area (Å²) in [6.45, 7) is 11.2. The average molecular weight is 219 g/mol. The quantitative estimate of drug-likeness (QED) is 0.787. The lowest BCUT2D eigenvalue weighted by atomic mass is 9.98. The van der Waals surface area contributed by atoms with Crippen LogP contribution in [0.3, 0.4) is 0 Å². The van der Waals surface area contributed by atoms with Gasteiger partial charge in [-0.3, -0.25) is 0 Å². The lowest BCUT2D eigenvalue weighted by molar-refractivity contribution is 0.356. The zero-order chi connectivity index (χ0) is 12.1. The molecule has 2 atom stereocenters. The van der Waals surface area contributed by atoms with Crippen molar-refractivity contribution in [2.24, 2.45) is 5.92 Å². The molecule has 0 saturated carbocycles. The fourth-order valence-corrected chi connectivity index (χ4v) is 2.14. The van der Waals surface area contributed by atoms with Gasteiger partial charge < -0.3 is 5.32 Å². The van der Waals surface area contributed by atoms with Crippen molar-refractivity contribution in [1.29, 1.82) is 0 Å². The van der Waals surface area contributed by atoms with E-state index < -0.39 is 0 Å². The molecule has 0 aliphatic carbocycles. The van der Waals surface area contributed by atoms with Gasteiger partial charge in [-0.15, -0.1) is 0 Å². The summed E-state index contributed by atoms with van der Waals surface area (Å²) in [5.74, 6) is 0.692. The van der Waals surface area contributed by atoms with Crippen molar-refractivity contribution in [2.45, 2.75) is 53.1 Å². The second-order valence-corrected chi connectivity index (χ2v) is 5.06. The number of aryl methyl sites for hydroxylation is 1. The van der Waals surface area contributed by atoms with E-state index in [2.05, 4.69) is 64.2 Å². The molecule has 0 fully saturated rings. The molecule has 90 valence electrons. The maximum atomic E-state index is 3.71. The third-order valence-electron chi connectivity index (χ3n) is 3.25. The Kier molecular flexibility index (Phi) is 5.01. The second-order valence-electron chi connectivity index (χ2n) is 5.06. The molecule has 1 aromatic rings. The minimum atomic E-state index is 0.437. The monoisotopic (exact) mass is 219 g/mol. The number of rotatable bonds is 5. The van der Waals surface area contributed by atoms with Crippen LogP contribution in [0.5, 0.6) is 0 Å². The minimum Gasteiger partial charge on any atom is -0.307 e. The third-order valence-corrected chi connectivity index (χ3v) is 3.25. The fraction of sp³-hybridized carbons (Fsp3) is 0.600. The number of hydrogen-bond donors (Lipinski definition) is 1. The van der Waals surface area contributed by atoms with E-state index in [-0.39, 0.29) is 0 Å². The highest BCUT2D eigenvalue weighted by atomic mass is 14.9. The normalized spacial score (nSPS) is 15.1. The number of nitrogens with one attached hydrogen (secondary N) is 1. The first-order valence-corrected chi connectivity index (χ1v) is 6.37. The molecule has 1 unspecified atom stereocenters. The maximum absolute atomic E-state index is 3.71. The highest BCUT2D eigenvalue weighted by molar-refractivity contribution is 5.24. The van der Waals surface area contributed by atoms with E-state index >= 15 is 0 Å². The van der Waals surface area contributed by atoms with Crippen LogP contribution in [0.25, 0.3) is 0 Å². The van der Waals surface area contributed by atoms with Crippen LogP contribution in [-0.2, 0) is 0 Å². The van der Waals surface area contributed by atoms with Crippen LogP contribution in [0.2, 0.25) is 0 Å². The van der Waals surface area contributed by atoms with Gasteiger partial charge in [-0.1, -0.05) is 50.6 Å². The van der Waals surface area contributed by atoms with Gasteiger partial charge in [0.25, 0.3) is 0 Å². The number of benzene rings is 1. The molecule has 0 aliphatic heterocycles. The molecule has 0 aliphatic rings. The van der Waals surface area contributed by atoms with Crippen LogP contribution < -0.4 is 5.32 Å². The predicted molar refractivity (Wildman–Crippen MR) is 71.6 cm³/mol. The van der Waals surface area contributed by atoms with Gasteiger partial charge in [0.05, 0.1) is 0 Å². The van der Waals surface area contributed by atoms with Crippen molar-refractivity contribution in [3.8, 4) is 0 Å². The first-order valence-electron chi connectivity index (χ1n) is 6.37. The summed E-state index contributed by atoms with van der Waals surface area (Å²) in [5.41, 5.74) is 2.72. The Hall–Kier alpha value is -0.820. The van der Waals surface area contributed by atoms with Gasteiger partial charge in [-0.05, 0) is 31.7 Å². The Labute approximate surface area is 100 Å². The molecular formula is C15H25N.